The van der Waals surface area contributed by atoms with Crippen molar-refractivity contribution in [2.45, 2.75) is 50.5 Å². The van der Waals surface area contributed by atoms with Gasteiger partial charge in [0.2, 0.25) is 0 Å². The molecule has 9 heteroatoms. The number of carbonyl (C=O) groups excluding carboxylic acids is 1. The SMILES string of the molecule is CCCn1c(Sc2nc3c(N)ncnc3n2CCOC(C)=O)c(C)c2ccccc21. The summed E-state index contributed by atoms with van der Waals surface area (Å²) < 4.78 is 9.43. The van der Waals surface area contributed by atoms with Crippen LogP contribution in [0.4, 0.5) is 5.82 Å². The molecular formula is C21H24N6O2S. The molecule has 4 rings (SSSR count). The van der Waals surface area contributed by atoms with Crippen LogP contribution in [0.3, 0.4) is 0 Å². The second-order valence-electron chi connectivity index (χ2n) is 7.02. The number of aryl methyl sites for hydroxylation is 2. The van der Waals surface area contributed by atoms with Gasteiger partial charge in [-0.05, 0) is 36.7 Å². The number of aromatic nitrogens is 5. The smallest absolute Gasteiger partial charge is 0.302 e. The van der Waals surface area contributed by atoms with Gasteiger partial charge in [-0.25, -0.2) is 15.0 Å². The number of carbonyl (C=O) groups is 1. The largest absolute Gasteiger partial charge is 0.464 e. The van der Waals surface area contributed by atoms with Crippen LogP contribution in [-0.4, -0.2) is 36.7 Å². The Balaban J connectivity index is 1.82. The van der Waals surface area contributed by atoms with Crippen molar-refractivity contribution >= 4 is 45.6 Å². The summed E-state index contributed by atoms with van der Waals surface area (Å²) in [5, 5.41) is 3.11. The minimum Gasteiger partial charge on any atom is -0.464 e. The number of nitrogens with two attached hydrogens (primary N) is 1. The molecule has 0 saturated carbocycles. The lowest BCUT2D eigenvalue weighted by atomic mass is 10.2. The average Bonchev–Trinajstić information content (AvgIpc) is 3.20. The van der Waals surface area contributed by atoms with E-state index in [1.165, 1.54) is 29.7 Å². The molecule has 0 spiro atoms. The van der Waals surface area contributed by atoms with E-state index in [-0.39, 0.29) is 12.6 Å². The van der Waals surface area contributed by atoms with Gasteiger partial charge >= 0.3 is 5.97 Å². The Morgan fingerprint density at radius 1 is 1.20 bits per heavy atom. The number of para-hydroxylation sites is 1. The summed E-state index contributed by atoms with van der Waals surface area (Å²) in [7, 11) is 0. The van der Waals surface area contributed by atoms with Crippen molar-refractivity contribution < 1.29 is 9.53 Å². The van der Waals surface area contributed by atoms with Gasteiger partial charge in [-0.3, -0.25) is 9.36 Å². The average molecular weight is 425 g/mol. The highest BCUT2D eigenvalue weighted by Gasteiger charge is 2.20. The van der Waals surface area contributed by atoms with Crippen molar-refractivity contribution in [2.75, 3.05) is 12.3 Å². The van der Waals surface area contributed by atoms with Gasteiger partial charge in [0.25, 0.3) is 0 Å². The van der Waals surface area contributed by atoms with Gasteiger partial charge < -0.3 is 15.0 Å². The van der Waals surface area contributed by atoms with E-state index < -0.39 is 0 Å². The molecular weight excluding hydrogens is 400 g/mol. The van der Waals surface area contributed by atoms with E-state index in [0.717, 1.165) is 23.1 Å². The molecule has 0 aliphatic carbocycles. The molecule has 3 aromatic heterocycles. The predicted octanol–water partition coefficient (Wildman–Crippen LogP) is 3.80. The number of nitrogen functional groups attached to an aromatic ring is 1. The molecule has 0 saturated heterocycles. The normalized spacial score (nSPS) is 11.4. The Kier molecular flexibility index (Phi) is 5.63. The molecule has 2 N–H and O–H groups in total. The number of hydrogen-bond donors (Lipinski definition) is 1. The monoisotopic (exact) mass is 424 g/mol. The molecule has 3 heterocycles. The molecule has 1 aromatic carbocycles. The van der Waals surface area contributed by atoms with Gasteiger partial charge in [-0.1, -0.05) is 25.1 Å². The van der Waals surface area contributed by atoms with E-state index in [1.807, 2.05) is 4.57 Å². The number of nitrogens with zero attached hydrogens (tertiary/aromatic N) is 5. The van der Waals surface area contributed by atoms with Crippen LogP contribution in [0.5, 0.6) is 0 Å². The summed E-state index contributed by atoms with van der Waals surface area (Å²) >= 11 is 1.58. The van der Waals surface area contributed by atoms with Crippen molar-refractivity contribution in [1.29, 1.82) is 0 Å². The third-order valence-corrected chi connectivity index (χ3v) is 6.16. The summed E-state index contributed by atoms with van der Waals surface area (Å²) in [4.78, 5) is 24.4. The Bertz CT molecular complexity index is 1230. The molecule has 156 valence electrons. The van der Waals surface area contributed by atoms with Crippen LogP contribution in [0.1, 0.15) is 25.8 Å². The number of rotatable bonds is 7. The standard InChI is InChI=1S/C21H24N6O2S/c1-4-9-26-16-8-6-5-7-15(16)13(2)20(26)30-21-25-17-18(22)23-12-24-19(17)27(21)10-11-29-14(3)28/h5-8,12H,4,9-11H2,1-3H3,(H2,22,23,24). The second-order valence-corrected chi connectivity index (χ2v) is 7.97. The zero-order valence-electron chi connectivity index (χ0n) is 17.3. The minimum absolute atomic E-state index is 0.231. The van der Waals surface area contributed by atoms with Crippen LogP contribution >= 0.6 is 11.8 Å². The summed E-state index contributed by atoms with van der Waals surface area (Å²) in [5.74, 6) is 0.0144. The third kappa shape index (κ3) is 3.60. The van der Waals surface area contributed by atoms with Gasteiger partial charge in [-0.2, -0.15) is 0 Å². The predicted molar refractivity (Wildman–Crippen MR) is 117 cm³/mol. The first-order chi connectivity index (χ1) is 14.5. The van der Waals surface area contributed by atoms with Crippen LogP contribution < -0.4 is 5.73 Å². The van der Waals surface area contributed by atoms with E-state index in [1.54, 1.807) is 11.8 Å². The number of anilines is 1. The van der Waals surface area contributed by atoms with Gasteiger partial charge in [0.15, 0.2) is 22.1 Å². The van der Waals surface area contributed by atoms with Crippen LogP contribution in [0, 0.1) is 6.92 Å². The second kappa shape index (κ2) is 8.35. The zero-order chi connectivity index (χ0) is 21.3. The first-order valence-electron chi connectivity index (χ1n) is 9.87. The molecule has 0 amide bonds. The Hall–Kier alpha value is -3.07. The van der Waals surface area contributed by atoms with Crippen molar-refractivity contribution in [3.05, 3.63) is 36.2 Å². The van der Waals surface area contributed by atoms with Gasteiger partial charge in [-0.15, -0.1) is 0 Å². The fourth-order valence-electron chi connectivity index (χ4n) is 3.61. The highest BCUT2D eigenvalue weighted by atomic mass is 32.2. The Labute approximate surface area is 178 Å². The molecule has 30 heavy (non-hydrogen) atoms. The first-order valence-corrected chi connectivity index (χ1v) is 10.7. The lowest BCUT2D eigenvalue weighted by Crippen LogP contribution is -2.10. The van der Waals surface area contributed by atoms with Crippen LogP contribution in [-0.2, 0) is 22.6 Å². The van der Waals surface area contributed by atoms with Crippen molar-refractivity contribution in [3.63, 3.8) is 0 Å². The van der Waals surface area contributed by atoms with Crippen molar-refractivity contribution in [3.8, 4) is 0 Å². The molecule has 0 fully saturated rings. The fraction of sp³-hybridized carbons (Fsp3) is 0.333. The van der Waals surface area contributed by atoms with E-state index in [0.29, 0.717) is 23.5 Å². The molecule has 0 radical (unpaired) electrons. The summed E-state index contributed by atoms with van der Waals surface area (Å²) in [5.41, 5.74) is 9.66. The van der Waals surface area contributed by atoms with Gasteiger partial charge in [0.1, 0.15) is 12.9 Å². The highest BCUT2D eigenvalue weighted by molar-refractivity contribution is 7.99. The highest BCUT2D eigenvalue weighted by Crippen LogP contribution is 2.38. The topological polar surface area (TPSA) is 101 Å². The lowest BCUT2D eigenvalue weighted by molar-refractivity contribution is -0.141. The number of esters is 1. The van der Waals surface area contributed by atoms with Crippen molar-refractivity contribution in [1.82, 2.24) is 24.1 Å². The van der Waals surface area contributed by atoms with Gasteiger partial charge in [0, 0.05) is 24.4 Å². The van der Waals surface area contributed by atoms with Crippen LogP contribution in [0.25, 0.3) is 22.1 Å². The maximum atomic E-state index is 11.2. The maximum absolute atomic E-state index is 11.2. The Morgan fingerprint density at radius 2 is 2.00 bits per heavy atom. The van der Waals surface area contributed by atoms with Crippen molar-refractivity contribution in [2.24, 2.45) is 0 Å². The lowest BCUT2D eigenvalue weighted by Gasteiger charge is -2.12. The molecule has 4 aromatic rings. The van der Waals surface area contributed by atoms with Crippen LogP contribution in [0.15, 0.2) is 40.8 Å². The number of benzene rings is 1. The minimum atomic E-state index is -0.318. The quantitative estimate of drug-likeness (QED) is 0.450. The molecule has 0 aliphatic rings. The van der Waals surface area contributed by atoms with E-state index in [9.17, 15) is 4.79 Å². The summed E-state index contributed by atoms with van der Waals surface area (Å²) in [6.45, 7) is 7.28. The molecule has 0 atom stereocenters. The maximum Gasteiger partial charge on any atom is 0.302 e. The number of hydrogen-bond acceptors (Lipinski definition) is 7. The molecule has 8 nitrogen and oxygen atoms in total. The Morgan fingerprint density at radius 3 is 2.77 bits per heavy atom. The van der Waals surface area contributed by atoms with Gasteiger partial charge in [0.05, 0.1) is 11.6 Å². The van der Waals surface area contributed by atoms with E-state index in [2.05, 4.69) is 52.6 Å². The third-order valence-electron chi connectivity index (χ3n) is 4.95. The first kappa shape index (κ1) is 20.2. The summed E-state index contributed by atoms with van der Waals surface area (Å²) in [6.07, 6.45) is 2.45. The number of ether oxygens (including phenoxy) is 1. The zero-order valence-corrected chi connectivity index (χ0v) is 18.1. The number of imidazole rings is 1. The molecule has 0 unspecified atom stereocenters. The molecule has 0 bridgehead atoms. The van der Waals surface area contributed by atoms with E-state index >= 15 is 0 Å². The fourth-order valence-corrected chi connectivity index (χ4v) is 4.77. The summed E-state index contributed by atoms with van der Waals surface area (Å²) in [6, 6.07) is 8.42. The molecule has 0 aliphatic heterocycles. The van der Waals surface area contributed by atoms with Crippen LogP contribution in [0.2, 0.25) is 0 Å². The van der Waals surface area contributed by atoms with E-state index in [4.69, 9.17) is 15.5 Å². The number of fused-ring (bicyclic) bond motifs is 2.